The molecule has 0 amide bonds. The van der Waals surface area contributed by atoms with Gasteiger partial charge < -0.3 is 0 Å². The van der Waals surface area contributed by atoms with Crippen LogP contribution in [0.4, 0.5) is 0 Å². The van der Waals surface area contributed by atoms with E-state index in [1.54, 1.807) is 12.1 Å². The molecule has 3 nitrogen and oxygen atoms in total. The quantitative estimate of drug-likeness (QED) is 0.119. The standard InChI is InChI=1S/C25H41O3Si/c1-5-7-8-9-10-11-12-13-14-15-16-17-22-27-28-25(26)23-18-20-24(21-19-23)29(3,4)6-2/h6,18-21H,1-2,5,7-17,22H2,3-4H3. The summed E-state index contributed by atoms with van der Waals surface area (Å²) in [5.74, 6) is -0.426. The maximum atomic E-state index is 12.0. The fraction of sp³-hybridized carbons (Fsp3) is 0.600. The Morgan fingerprint density at radius 3 is 1.83 bits per heavy atom. The summed E-state index contributed by atoms with van der Waals surface area (Å²) in [4.78, 5) is 22.1. The van der Waals surface area contributed by atoms with Gasteiger partial charge in [0.1, 0.15) is 8.07 Å². The van der Waals surface area contributed by atoms with Crippen molar-refractivity contribution < 1.29 is 14.6 Å². The number of hydrogen-bond donors (Lipinski definition) is 0. The highest BCUT2D eigenvalue weighted by Crippen LogP contribution is 2.12. The summed E-state index contributed by atoms with van der Waals surface area (Å²) in [5.41, 5.74) is 2.56. The molecule has 1 aromatic rings. The molecule has 29 heavy (non-hydrogen) atoms. The molecular formula is C25H41O3Si. The van der Waals surface area contributed by atoms with Crippen LogP contribution in [0.25, 0.3) is 0 Å². The van der Waals surface area contributed by atoms with E-state index in [-0.39, 0.29) is 0 Å². The van der Waals surface area contributed by atoms with Gasteiger partial charge in [-0.1, -0.05) is 114 Å². The number of rotatable bonds is 17. The van der Waals surface area contributed by atoms with Crippen molar-refractivity contribution in [2.24, 2.45) is 0 Å². The van der Waals surface area contributed by atoms with Crippen molar-refractivity contribution >= 4 is 19.2 Å². The second kappa shape index (κ2) is 15.4. The number of carbonyl (C=O) groups excluding carboxylic acids is 1. The Hall–Kier alpha value is -1.39. The Labute approximate surface area is 179 Å². The summed E-state index contributed by atoms with van der Waals surface area (Å²) in [6.07, 6.45) is 15.0. The smallest absolute Gasteiger partial charge is 0.293 e. The van der Waals surface area contributed by atoms with Gasteiger partial charge in [-0.05, 0) is 18.6 Å². The van der Waals surface area contributed by atoms with Crippen LogP contribution < -0.4 is 5.19 Å². The fourth-order valence-electron chi connectivity index (χ4n) is 3.23. The molecule has 0 N–H and O–H groups in total. The molecule has 0 spiro atoms. The zero-order valence-corrected chi connectivity index (χ0v) is 19.7. The molecule has 163 valence electrons. The lowest BCUT2D eigenvalue weighted by atomic mass is 10.1. The Morgan fingerprint density at radius 2 is 1.34 bits per heavy atom. The van der Waals surface area contributed by atoms with Crippen molar-refractivity contribution in [3.05, 3.63) is 49.0 Å². The Balaban J connectivity index is 2.01. The van der Waals surface area contributed by atoms with Crippen LogP contribution in [0.2, 0.25) is 13.1 Å². The van der Waals surface area contributed by atoms with Crippen LogP contribution >= 0.6 is 0 Å². The minimum Gasteiger partial charge on any atom is -0.293 e. The largest absolute Gasteiger partial charge is 0.373 e. The summed E-state index contributed by atoms with van der Waals surface area (Å²) in [6, 6.07) is 7.60. The first-order valence-corrected chi connectivity index (χ1v) is 14.5. The first kappa shape index (κ1) is 25.6. The average molecular weight is 418 g/mol. The van der Waals surface area contributed by atoms with Crippen molar-refractivity contribution in [2.45, 2.75) is 90.1 Å². The second-order valence-electron chi connectivity index (χ2n) is 8.44. The molecule has 1 aromatic carbocycles. The molecule has 0 heterocycles. The number of carbonyl (C=O) groups is 1. The normalized spacial score (nSPS) is 11.4. The molecule has 1 rings (SSSR count). The molecule has 0 fully saturated rings. The molecule has 0 aromatic heterocycles. The Bertz CT molecular complexity index is 566. The van der Waals surface area contributed by atoms with Gasteiger partial charge in [0, 0.05) is 0 Å². The SMILES string of the molecule is [CH2]CCCCCCCCCCCCCOOC(=O)c1ccc([Si](C)(C)C=C)cc1. The van der Waals surface area contributed by atoms with Gasteiger partial charge in [0.15, 0.2) is 0 Å². The van der Waals surface area contributed by atoms with E-state index in [1.807, 2.05) is 17.8 Å². The monoisotopic (exact) mass is 417 g/mol. The predicted molar refractivity (Wildman–Crippen MR) is 126 cm³/mol. The highest BCUT2D eigenvalue weighted by molar-refractivity contribution is 6.93. The van der Waals surface area contributed by atoms with Crippen molar-refractivity contribution in [3.63, 3.8) is 0 Å². The van der Waals surface area contributed by atoms with Crippen LogP contribution in [-0.4, -0.2) is 20.7 Å². The van der Waals surface area contributed by atoms with E-state index in [1.165, 1.54) is 63.0 Å². The zero-order valence-electron chi connectivity index (χ0n) is 18.7. The van der Waals surface area contributed by atoms with E-state index in [9.17, 15) is 4.79 Å². The zero-order chi connectivity index (χ0) is 21.4. The summed E-state index contributed by atoms with van der Waals surface area (Å²) >= 11 is 0. The molecule has 0 aliphatic heterocycles. The lowest BCUT2D eigenvalue weighted by Crippen LogP contribution is -2.39. The van der Waals surface area contributed by atoms with E-state index in [0.29, 0.717) is 12.2 Å². The van der Waals surface area contributed by atoms with E-state index < -0.39 is 14.0 Å². The van der Waals surface area contributed by atoms with E-state index >= 15 is 0 Å². The van der Waals surface area contributed by atoms with Crippen LogP contribution in [-0.2, 0) is 9.78 Å². The van der Waals surface area contributed by atoms with E-state index in [2.05, 4.69) is 26.6 Å². The maximum Gasteiger partial charge on any atom is 0.373 e. The van der Waals surface area contributed by atoms with Gasteiger partial charge in [-0.25, -0.2) is 4.79 Å². The minimum absolute atomic E-state index is 0.426. The second-order valence-corrected chi connectivity index (χ2v) is 12.9. The number of hydrogen-bond acceptors (Lipinski definition) is 3. The minimum atomic E-state index is -1.59. The van der Waals surface area contributed by atoms with Gasteiger partial charge in [0.25, 0.3) is 0 Å². The lowest BCUT2D eigenvalue weighted by Gasteiger charge is -2.17. The van der Waals surface area contributed by atoms with Gasteiger partial charge in [-0.2, -0.15) is 4.89 Å². The molecule has 0 saturated carbocycles. The summed E-state index contributed by atoms with van der Waals surface area (Å²) in [5, 5.41) is 1.25. The first-order valence-electron chi connectivity index (χ1n) is 11.4. The van der Waals surface area contributed by atoms with Crippen molar-refractivity contribution in [1.29, 1.82) is 0 Å². The average Bonchev–Trinajstić information content (AvgIpc) is 2.74. The molecule has 0 atom stereocenters. The van der Waals surface area contributed by atoms with Gasteiger partial charge >= 0.3 is 5.97 Å². The summed E-state index contributed by atoms with van der Waals surface area (Å²) in [7, 11) is -1.59. The van der Waals surface area contributed by atoms with Gasteiger partial charge in [0.05, 0.1) is 12.2 Å². The Morgan fingerprint density at radius 1 is 0.862 bits per heavy atom. The van der Waals surface area contributed by atoms with Gasteiger partial charge in [-0.15, -0.1) is 6.58 Å². The summed E-state index contributed by atoms with van der Waals surface area (Å²) < 4.78 is 0. The molecule has 1 radical (unpaired) electrons. The molecule has 4 heteroatoms. The molecule has 0 bridgehead atoms. The molecule has 0 unspecified atom stereocenters. The van der Waals surface area contributed by atoms with Gasteiger partial charge in [0.2, 0.25) is 0 Å². The first-order chi connectivity index (χ1) is 14.0. The Kier molecular flexibility index (Phi) is 13.7. The van der Waals surface area contributed by atoms with Crippen molar-refractivity contribution in [1.82, 2.24) is 0 Å². The molecular weight excluding hydrogens is 376 g/mol. The maximum absolute atomic E-state index is 12.0. The van der Waals surface area contributed by atoms with Crippen LogP contribution in [0, 0.1) is 6.92 Å². The van der Waals surface area contributed by atoms with Crippen molar-refractivity contribution in [2.75, 3.05) is 6.61 Å². The highest BCUT2D eigenvalue weighted by atomic mass is 28.3. The fourth-order valence-corrected chi connectivity index (χ4v) is 4.49. The highest BCUT2D eigenvalue weighted by Gasteiger charge is 2.19. The van der Waals surface area contributed by atoms with Gasteiger partial charge in [-0.3, -0.25) is 4.89 Å². The molecule has 0 aliphatic rings. The topological polar surface area (TPSA) is 35.5 Å². The molecule has 0 saturated heterocycles. The predicted octanol–water partition coefficient (Wildman–Crippen LogP) is 6.93. The van der Waals surface area contributed by atoms with Crippen LogP contribution in [0.3, 0.4) is 0 Å². The number of unbranched alkanes of at least 4 members (excludes halogenated alkanes) is 11. The van der Waals surface area contributed by atoms with Crippen molar-refractivity contribution in [3.8, 4) is 0 Å². The number of benzene rings is 1. The molecule has 0 aliphatic carbocycles. The third-order valence-electron chi connectivity index (χ3n) is 5.49. The third kappa shape index (κ3) is 11.4. The lowest BCUT2D eigenvalue weighted by molar-refractivity contribution is -0.241. The summed E-state index contributed by atoms with van der Waals surface area (Å²) in [6.45, 7) is 12.7. The van der Waals surface area contributed by atoms with E-state index in [0.717, 1.165) is 19.3 Å². The van der Waals surface area contributed by atoms with E-state index in [4.69, 9.17) is 9.78 Å². The van der Waals surface area contributed by atoms with Crippen LogP contribution in [0.15, 0.2) is 36.5 Å². The third-order valence-corrected chi connectivity index (χ3v) is 8.33. The van der Waals surface area contributed by atoms with Crippen LogP contribution in [0.1, 0.15) is 87.4 Å². The van der Waals surface area contributed by atoms with Crippen LogP contribution in [0.5, 0.6) is 0 Å².